The van der Waals surface area contributed by atoms with Crippen molar-refractivity contribution in [2.24, 2.45) is 0 Å². The van der Waals surface area contributed by atoms with Gasteiger partial charge in [-0.2, -0.15) is 13.2 Å². The average Bonchev–Trinajstić information content (AvgIpc) is 2.71. The molecule has 1 heterocycles. The van der Waals surface area contributed by atoms with E-state index in [4.69, 9.17) is 23.2 Å². The van der Waals surface area contributed by atoms with Crippen LogP contribution in [0.1, 0.15) is 25.6 Å². The monoisotopic (exact) mass is 326 g/mol. The second-order valence-electron chi connectivity index (χ2n) is 4.48. The lowest BCUT2D eigenvalue weighted by Crippen LogP contribution is -2.43. The van der Waals surface area contributed by atoms with Crippen molar-refractivity contribution in [3.05, 3.63) is 28.0 Å². The number of hydrogen-bond acceptors (Lipinski definition) is 2. The number of hydrogen-bond donors (Lipinski definition) is 2. The van der Waals surface area contributed by atoms with Gasteiger partial charge >= 0.3 is 6.18 Å². The number of nitrogens with one attached hydrogen (secondary N) is 1. The molecule has 0 bridgehead atoms. The third-order valence-corrected chi connectivity index (χ3v) is 3.72. The van der Waals surface area contributed by atoms with E-state index in [1.54, 1.807) is 6.92 Å². The van der Waals surface area contributed by atoms with Crippen LogP contribution in [0.15, 0.2) is 12.1 Å². The summed E-state index contributed by atoms with van der Waals surface area (Å²) in [7, 11) is 0. The Labute approximate surface area is 122 Å². The van der Waals surface area contributed by atoms with Gasteiger partial charge in [-0.1, -0.05) is 36.5 Å². The number of benzene rings is 1. The molecule has 20 heavy (non-hydrogen) atoms. The lowest BCUT2D eigenvalue weighted by Gasteiger charge is -2.28. The number of fused-ring (bicyclic) bond motifs is 1. The highest BCUT2D eigenvalue weighted by molar-refractivity contribution is 6.42. The van der Waals surface area contributed by atoms with E-state index < -0.39 is 24.0 Å². The van der Waals surface area contributed by atoms with Gasteiger partial charge in [-0.25, -0.2) is 4.98 Å². The Bertz CT molecular complexity index is 602. The number of alkyl halides is 3. The van der Waals surface area contributed by atoms with Crippen LogP contribution in [0.2, 0.25) is 10.0 Å². The fourth-order valence-electron chi connectivity index (χ4n) is 1.96. The van der Waals surface area contributed by atoms with Crippen LogP contribution in [-0.2, 0) is 5.60 Å². The van der Waals surface area contributed by atoms with E-state index in [1.807, 2.05) is 0 Å². The number of aliphatic hydroxyl groups is 1. The third-order valence-electron chi connectivity index (χ3n) is 3.00. The minimum atomic E-state index is -4.83. The molecule has 8 heteroatoms. The largest absolute Gasteiger partial charge is 0.424 e. The van der Waals surface area contributed by atoms with Crippen LogP contribution in [-0.4, -0.2) is 21.3 Å². The van der Waals surface area contributed by atoms with Gasteiger partial charge in [0.2, 0.25) is 5.60 Å². The lowest BCUT2D eigenvalue weighted by atomic mass is 9.96. The minimum absolute atomic E-state index is 0.147. The van der Waals surface area contributed by atoms with Crippen LogP contribution in [0, 0.1) is 0 Å². The summed E-state index contributed by atoms with van der Waals surface area (Å²) < 4.78 is 39.3. The molecule has 2 rings (SSSR count). The van der Waals surface area contributed by atoms with Crippen molar-refractivity contribution in [3.8, 4) is 0 Å². The molecule has 1 aromatic carbocycles. The summed E-state index contributed by atoms with van der Waals surface area (Å²) in [6, 6.07) is 2.72. The molecule has 3 nitrogen and oxygen atoms in total. The zero-order valence-corrected chi connectivity index (χ0v) is 11.9. The van der Waals surface area contributed by atoms with Crippen molar-refractivity contribution in [2.75, 3.05) is 0 Å². The zero-order valence-electron chi connectivity index (χ0n) is 10.4. The Hall–Kier alpha value is -0.980. The highest BCUT2D eigenvalue weighted by atomic mass is 35.5. The molecule has 2 N–H and O–H groups in total. The van der Waals surface area contributed by atoms with Crippen molar-refractivity contribution < 1.29 is 18.3 Å². The van der Waals surface area contributed by atoms with Crippen molar-refractivity contribution in [1.29, 1.82) is 0 Å². The molecule has 0 aliphatic rings. The van der Waals surface area contributed by atoms with E-state index in [2.05, 4.69) is 9.97 Å². The maximum absolute atomic E-state index is 13.1. The van der Waals surface area contributed by atoms with Gasteiger partial charge < -0.3 is 10.1 Å². The Morgan fingerprint density at radius 2 is 1.85 bits per heavy atom. The smallest absolute Gasteiger partial charge is 0.374 e. The molecule has 1 aromatic heterocycles. The maximum Gasteiger partial charge on any atom is 0.424 e. The van der Waals surface area contributed by atoms with Crippen LogP contribution >= 0.6 is 23.2 Å². The van der Waals surface area contributed by atoms with Gasteiger partial charge in [0.05, 0.1) is 21.1 Å². The highest BCUT2D eigenvalue weighted by Gasteiger charge is 2.56. The normalized spacial score (nSPS) is 15.6. The molecule has 0 fully saturated rings. The summed E-state index contributed by atoms with van der Waals surface area (Å²) in [5.74, 6) is -0.555. The Kier molecular flexibility index (Phi) is 3.92. The average molecular weight is 327 g/mol. The zero-order chi connectivity index (χ0) is 15.1. The number of nitrogens with zero attached hydrogens (tertiary/aromatic N) is 1. The maximum atomic E-state index is 13.1. The molecular weight excluding hydrogens is 316 g/mol. The number of imidazole rings is 1. The van der Waals surface area contributed by atoms with Crippen molar-refractivity contribution in [1.82, 2.24) is 9.97 Å². The number of aromatic amines is 1. The molecular formula is C12H11Cl2F3N2O. The van der Waals surface area contributed by atoms with E-state index in [1.165, 1.54) is 12.1 Å². The predicted octanol–water partition coefficient (Wildman–Crippen LogP) is 4.42. The van der Waals surface area contributed by atoms with Crippen LogP contribution in [0.25, 0.3) is 11.0 Å². The molecule has 110 valence electrons. The molecule has 1 atom stereocenters. The summed E-state index contributed by atoms with van der Waals surface area (Å²) in [4.78, 5) is 6.27. The van der Waals surface area contributed by atoms with Gasteiger partial charge in [0, 0.05) is 0 Å². The van der Waals surface area contributed by atoms with Gasteiger partial charge in [0.15, 0.2) is 0 Å². The van der Waals surface area contributed by atoms with Gasteiger partial charge in [-0.05, 0) is 18.6 Å². The van der Waals surface area contributed by atoms with Crippen LogP contribution < -0.4 is 0 Å². The molecule has 0 spiro atoms. The molecule has 0 saturated heterocycles. The topological polar surface area (TPSA) is 48.9 Å². The van der Waals surface area contributed by atoms with Crippen molar-refractivity contribution >= 4 is 34.2 Å². The number of aromatic nitrogens is 2. The fourth-order valence-corrected chi connectivity index (χ4v) is 2.28. The van der Waals surface area contributed by atoms with Gasteiger partial charge in [-0.15, -0.1) is 0 Å². The molecule has 1 unspecified atom stereocenters. The first kappa shape index (κ1) is 15.4. The first-order valence-electron chi connectivity index (χ1n) is 5.83. The second kappa shape index (κ2) is 5.09. The van der Waals surface area contributed by atoms with Crippen LogP contribution in [0.3, 0.4) is 0 Å². The highest BCUT2D eigenvalue weighted by Crippen LogP contribution is 2.42. The fraction of sp³-hybridized carbons (Fsp3) is 0.417. The predicted molar refractivity (Wildman–Crippen MR) is 71.0 cm³/mol. The van der Waals surface area contributed by atoms with Gasteiger partial charge in [-0.3, -0.25) is 0 Å². The van der Waals surface area contributed by atoms with Gasteiger partial charge in [0.25, 0.3) is 0 Å². The Balaban J connectivity index is 2.60. The first-order valence-corrected chi connectivity index (χ1v) is 6.59. The van der Waals surface area contributed by atoms with E-state index in [9.17, 15) is 18.3 Å². The quantitative estimate of drug-likeness (QED) is 0.877. The summed E-state index contributed by atoms with van der Waals surface area (Å²) in [6.45, 7) is 1.55. The second-order valence-corrected chi connectivity index (χ2v) is 5.29. The summed E-state index contributed by atoms with van der Waals surface area (Å²) in [5.41, 5.74) is -2.51. The van der Waals surface area contributed by atoms with E-state index >= 15 is 0 Å². The SMILES string of the molecule is CCCC(O)(c1nc2cc(Cl)c(Cl)cc2[nH]1)C(F)(F)F. The standard InChI is InChI=1S/C12H11Cl2F3N2O/c1-2-3-11(20,12(15,16)17)10-18-8-4-6(13)7(14)5-9(8)19-10/h4-5,20H,2-3H2,1H3,(H,18,19). The summed E-state index contributed by atoms with van der Waals surface area (Å²) in [5, 5.41) is 10.4. The summed E-state index contributed by atoms with van der Waals surface area (Å²) in [6.07, 6.45) is -5.17. The molecule has 0 aliphatic carbocycles. The first-order chi connectivity index (χ1) is 9.19. The molecule has 2 aromatic rings. The molecule has 0 radical (unpaired) electrons. The lowest BCUT2D eigenvalue weighted by molar-refractivity contribution is -0.272. The van der Waals surface area contributed by atoms with E-state index in [0.29, 0.717) is 0 Å². The van der Waals surface area contributed by atoms with Crippen molar-refractivity contribution in [2.45, 2.75) is 31.5 Å². The molecule has 0 saturated carbocycles. The molecule has 0 aliphatic heterocycles. The van der Waals surface area contributed by atoms with E-state index in [-0.39, 0.29) is 27.5 Å². The van der Waals surface area contributed by atoms with Crippen LogP contribution in [0.5, 0.6) is 0 Å². The third kappa shape index (κ3) is 2.47. The summed E-state index contributed by atoms with van der Waals surface area (Å²) >= 11 is 11.6. The van der Waals surface area contributed by atoms with Gasteiger partial charge in [0.1, 0.15) is 5.82 Å². The minimum Gasteiger partial charge on any atom is -0.374 e. The number of rotatable bonds is 3. The number of halogens is 5. The van der Waals surface area contributed by atoms with Crippen LogP contribution in [0.4, 0.5) is 13.2 Å². The Morgan fingerprint density at radius 1 is 1.25 bits per heavy atom. The number of H-pyrrole nitrogens is 1. The Morgan fingerprint density at radius 3 is 2.40 bits per heavy atom. The van der Waals surface area contributed by atoms with Crippen molar-refractivity contribution in [3.63, 3.8) is 0 Å². The van der Waals surface area contributed by atoms with E-state index in [0.717, 1.165) is 0 Å². The molecule has 0 amide bonds.